The van der Waals surface area contributed by atoms with E-state index >= 15 is 8.78 Å². The molecule has 6 atom stereocenters. The zero-order chi connectivity index (χ0) is 24.6. The van der Waals surface area contributed by atoms with Gasteiger partial charge in [-0.25, -0.2) is 9.36 Å². The summed E-state index contributed by atoms with van der Waals surface area (Å²) < 4.78 is 72.0. The van der Waals surface area contributed by atoms with Gasteiger partial charge >= 0.3 is 19.4 Å². The Bertz CT molecular complexity index is 1160. The summed E-state index contributed by atoms with van der Waals surface area (Å²) in [5, 5.41) is 0. The van der Waals surface area contributed by atoms with Gasteiger partial charge < -0.3 is 15.2 Å². The number of benzene rings is 1. The Labute approximate surface area is 206 Å². The summed E-state index contributed by atoms with van der Waals surface area (Å²) in [6.07, 6.45) is -5.36. The molecule has 3 saturated heterocycles. The fourth-order valence-electron chi connectivity index (χ4n) is 3.87. The molecular formula is C20H22F2N3O7PS2. The van der Waals surface area contributed by atoms with Crippen LogP contribution >= 0.6 is 29.4 Å². The fraction of sp³-hybridized carbons (Fsp3) is 0.500. The van der Waals surface area contributed by atoms with Gasteiger partial charge in [0.15, 0.2) is 6.10 Å². The third-order valence-electron chi connectivity index (χ3n) is 5.63. The molecule has 1 aromatic carbocycles. The second kappa shape index (κ2) is 10.1. The van der Waals surface area contributed by atoms with Crippen LogP contribution in [0.4, 0.5) is 14.6 Å². The van der Waals surface area contributed by atoms with Crippen molar-refractivity contribution in [3.05, 3.63) is 58.6 Å². The molecule has 0 spiro atoms. The lowest BCUT2D eigenvalue weighted by Gasteiger charge is -2.36. The van der Waals surface area contributed by atoms with E-state index in [9.17, 15) is 9.36 Å². The summed E-state index contributed by atoms with van der Waals surface area (Å²) in [5.74, 6) is -2.90. The third-order valence-corrected chi connectivity index (χ3v) is 9.52. The average Bonchev–Trinajstić information content (AvgIpc) is 3.08. The Kier molecular flexibility index (Phi) is 7.26. The number of hydrogen-bond acceptors (Lipinski definition) is 11. The van der Waals surface area contributed by atoms with Crippen molar-refractivity contribution < 1.29 is 36.4 Å². The van der Waals surface area contributed by atoms with Crippen molar-refractivity contribution in [2.24, 2.45) is 0 Å². The Hall–Kier alpha value is -1.51. The molecule has 35 heavy (non-hydrogen) atoms. The standard InChI is InChI=1S/C20H22F2N3O7PS2/c21-20(22)17-13(30-18(20)25-7-6-16(23)24-19(25)26)9-29-33(27,32-17)31-15-11-35-34-10-14(15)28-8-12-4-2-1-3-5-12/h1-7,13-15,17-18H,8-11H2,(H2,23,24,26)/t13-,14+,15?,17-,18-,33?/m1/s1. The molecular weight excluding hydrogens is 527 g/mol. The monoisotopic (exact) mass is 549 g/mol. The van der Waals surface area contributed by atoms with Gasteiger partial charge in [-0.2, -0.15) is 13.8 Å². The Morgan fingerprint density at radius 1 is 1.20 bits per heavy atom. The highest BCUT2D eigenvalue weighted by Gasteiger charge is 2.65. The van der Waals surface area contributed by atoms with Crippen LogP contribution < -0.4 is 11.4 Å². The largest absolute Gasteiger partial charge is 0.475 e. The highest BCUT2D eigenvalue weighted by Crippen LogP contribution is 2.61. The molecule has 2 N–H and O–H groups in total. The summed E-state index contributed by atoms with van der Waals surface area (Å²) in [7, 11) is -1.33. The van der Waals surface area contributed by atoms with E-state index in [1.165, 1.54) is 16.9 Å². The molecule has 15 heteroatoms. The molecule has 2 unspecified atom stereocenters. The number of fused-ring (bicyclic) bond motifs is 1. The molecule has 5 rings (SSSR count). The Balaban J connectivity index is 1.28. The van der Waals surface area contributed by atoms with Crippen molar-refractivity contribution in [3.8, 4) is 0 Å². The normalized spacial score (nSPS) is 34.4. The van der Waals surface area contributed by atoms with Crippen molar-refractivity contribution in [2.45, 2.75) is 43.2 Å². The molecule has 3 aliphatic rings. The van der Waals surface area contributed by atoms with E-state index in [-0.39, 0.29) is 5.82 Å². The lowest BCUT2D eigenvalue weighted by molar-refractivity contribution is -0.140. The molecule has 0 aliphatic carbocycles. The maximum atomic E-state index is 15.3. The number of nitrogens with zero attached hydrogens (tertiary/aromatic N) is 2. The van der Waals surface area contributed by atoms with Gasteiger partial charge in [-0.3, -0.25) is 18.1 Å². The number of ether oxygens (including phenoxy) is 2. The minimum Gasteiger partial charge on any atom is -0.383 e. The molecule has 2 aromatic rings. The number of phosphoric ester groups is 1. The van der Waals surface area contributed by atoms with Crippen molar-refractivity contribution in [1.29, 1.82) is 0 Å². The summed E-state index contributed by atoms with van der Waals surface area (Å²) in [6, 6.07) is 10.7. The topological polar surface area (TPSA) is 124 Å². The maximum Gasteiger partial charge on any atom is 0.475 e. The molecule has 0 saturated carbocycles. The van der Waals surface area contributed by atoms with Gasteiger partial charge in [-0.05, 0) is 11.6 Å². The lowest BCUT2D eigenvalue weighted by atomic mass is 10.1. The predicted molar refractivity (Wildman–Crippen MR) is 125 cm³/mol. The zero-order valence-electron chi connectivity index (χ0n) is 18.1. The molecule has 10 nitrogen and oxygen atoms in total. The summed E-state index contributed by atoms with van der Waals surface area (Å²) in [5.41, 5.74) is 5.38. The van der Waals surface area contributed by atoms with Crippen molar-refractivity contribution in [2.75, 3.05) is 23.8 Å². The first-order valence-electron chi connectivity index (χ1n) is 10.6. The first kappa shape index (κ1) is 25.2. The van der Waals surface area contributed by atoms with E-state index in [2.05, 4.69) is 4.98 Å². The Morgan fingerprint density at radius 2 is 1.94 bits per heavy atom. The minimum atomic E-state index is -4.39. The van der Waals surface area contributed by atoms with E-state index < -0.39 is 56.7 Å². The first-order chi connectivity index (χ1) is 16.7. The summed E-state index contributed by atoms with van der Waals surface area (Å²) >= 11 is 0. The van der Waals surface area contributed by atoms with E-state index in [4.69, 9.17) is 28.8 Å². The van der Waals surface area contributed by atoms with Gasteiger partial charge in [0, 0.05) is 17.7 Å². The minimum absolute atomic E-state index is 0.116. The van der Waals surface area contributed by atoms with Crippen molar-refractivity contribution in [1.82, 2.24) is 9.55 Å². The van der Waals surface area contributed by atoms with E-state index in [1.807, 2.05) is 30.3 Å². The molecule has 3 aliphatic heterocycles. The first-order valence-corrected chi connectivity index (χ1v) is 14.6. The van der Waals surface area contributed by atoms with Gasteiger partial charge in [0.2, 0.25) is 6.23 Å². The molecule has 0 amide bonds. The third kappa shape index (κ3) is 5.30. The SMILES string of the molecule is Nc1ccn([C@@H]2O[C@@H]3COP(=O)(OC4CSSC[C@@H]4OCc4ccccc4)O[C@H]3C2(F)F)c(=O)n1. The van der Waals surface area contributed by atoms with E-state index in [0.717, 1.165) is 11.8 Å². The van der Waals surface area contributed by atoms with E-state index in [1.54, 1.807) is 10.8 Å². The van der Waals surface area contributed by atoms with Crippen LogP contribution in [0.5, 0.6) is 0 Å². The zero-order valence-corrected chi connectivity index (χ0v) is 20.6. The molecule has 3 fully saturated rings. The van der Waals surface area contributed by atoms with Gasteiger partial charge in [-0.1, -0.05) is 51.9 Å². The molecule has 190 valence electrons. The predicted octanol–water partition coefficient (Wildman–Crippen LogP) is 3.25. The summed E-state index contributed by atoms with van der Waals surface area (Å²) in [6.45, 7) is -0.152. The van der Waals surface area contributed by atoms with Gasteiger partial charge in [0.1, 0.15) is 18.0 Å². The number of alkyl halides is 2. The number of nitrogen functional groups attached to an aromatic ring is 1. The average molecular weight is 550 g/mol. The number of rotatable bonds is 6. The number of anilines is 1. The number of hydrogen-bond donors (Lipinski definition) is 1. The highest BCUT2D eigenvalue weighted by molar-refractivity contribution is 8.76. The van der Waals surface area contributed by atoms with Gasteiger partial charge in [0.05, 0.1) is 19.3 Å². The van der Waals surface area contributed by atoms with Crippen molar-refractivity contribution >= 4 is 35.2 Å². The highest BCUT2D eigenvalue weighted by atomic mass is 33.1. The van der Waals surface area contributed by atoms with Gasteiger partial charge in [0.25, 0.3) is 0 Å². The van der Waals surface area contributed by atoms with Gasteiger partial charge in [-0.15, -0.1) is 0 Å². The van der Waals surface area contributed by atoms with Crippen LogP contribution in [0.2, 0.25) is 0 Å². The second-order valence-corrected chi connectivity index (χ2v) is 12.2. The fourth-order valence-corrected chi connectivity index (χ4v) is 8.00. The lowest BCUT2D eigenvalue weighted by Crippen LogP contribution is -2.46. The van der Waals surface area contributed by atoms with Crippen LogP contribution in [0.15, 0.2) is 47.4 Å². The van der Waals surface area contributed by atoms with Crippen LogP contribution in [0.25, 0.3) is 0 Å². The smallest absolute Gasteiger partial charge is 0.383 e. The van der Waals surface area contributed by atoms with Crippen LogP contribution in [-0.4, -0.2) is 58.0 Å². The molecule has 0 radical (unpaired) electrons. The number of halogens is 2. The van der Waals surface area contributed by atoms with Crippen LogP contribution in [-0.2, 0) is 34.2 Å². The number of aromatic nitrogens is 2. The van der Waals surface area contributed by atoms with Crippen LogP contribution in [0.1, 0.15) is 11.8 Å². The van der Waals surface area contributed by atoms with Crippen molar-refractivity contribution in [3.63, 3.8) is 0 Å². The van der Waals surface area contributed by atoms with E-state index in [0.29, 0.717) is 22.7 Å². The Morgan fingerprint density at radius 3 is 2.69 bits per heavy atom. The summed E-state index contributed by atoms with van der Waals surface area (Å²) in [4.78, 5) is 15.6. The quantitative estimate of drug-likeness (QED) is 0.422. The maximum absolute atomic E-state index is 15.3. The number of phosphoric acid groups is 1. The number of nitrogens with two attached hydrogens (primary N) is 1. The molecule has 1 aromatic heterocycles. The second-order valence-electron chi connectivity index (χ2n) is 8.06. The van der Waals surface area contributed by atoms with Crippen LogP contribution in [0, 0.1) is 0 Å². The van der Waals surface area contributed by atoms with Crippen LogP contribution in [0.3, 0.4) is 0 Å². The molecule has 0 bridgehead atoms. The molecule has 4 heterocycles.